The van der Waals surface area contributed by atoms with E-state index >= 15 is 0 Å². The standard InChI is InChI=1S/C21H27N3O4S/c1-4-27-14-5-7-15(8-6-14)28-12-18(25)23-21-19(20(22)26)16-9-10-24(13(2)3)11-17(16)29-21/h5-8,13H,4,9-12H2,1-3H3,(H2,22,26)(H,23,25). The van der Waals surface area contributed by atoms with Gasteiger partial charge in [-0.15, -0.1) is 11.3 Å². The highest BCUT2D eigenvalue weighted by atomic mass is 32.1. The summed E-state index contributed by atoms with van der Waals surface area (Å²) >= 11 is 1.42. The Morgan fingerprint density at radius 3 is 2.45 bits per heavy atom. The second-order valence-corrected chi connectivity index (χ2v) is 8.23. The van der Waals surface area contributed by atoms with Crippen LogP contribution in [0.5, 0.6) is 11.5 Å². The molecule has 0 saturated heterocycles. The van der Waals surface area contributed by atoms with E-state index in [1.807, 2.05) is 6.92 Å². The molecular weight excluding hydrogens is 390 g/mol. The number of hydrogen-bond donors (Lipinski definition) is 2. The first-order valence-corrected chi connectivity index (χ1v) is 10.5. The number of carbonyl (C=O) groups excluding carboxylic acids is 2. The molecule has 29 heavy (non-hydrogen) atoms. The topological polar surface area (TPSA) is 93.9 Å². The smallest absolute Gasteiger partial charge is 0.262 e. The Balaban J connectivity index is 1.66. The van der Waals surface area contributed by atoms with E-state index in [-0.39, 0.29) is 12.5 Å². The van der Waals surface area contributed by atoms with Gasteiger partial charge in [0.2, 0.25) is 0 Å². The van der Waals surface area contributed by atoms with Crippen LogP contribution in [0.1, 0.15) is 41.6 Å². The highest BCUT2D eigenvalue weighted by molar-refractivity contribution is 7.17. The van der Waals surface area contributed by atoms with Crippen LogP contribution in [0.25, 0.3) is 0 Å². The Labute approximate surface area is 174 Å². The number of primary amides is 1. The number of fused-ring (bicyclic) bond motifs is 1. The van der Waals surface area contributed by atoms with Crippen LogP contribution < -0.4 is 20.5 Å². The average molecular weight is 418 g/mol. The number of carbonyl (C=O) groups is 2. The van der Waals surface area contributed by atoms with Gasteiger partial charge in [0.05, 0.1) is 12.2 Å². The molecule has 0 saturated carbocycles. The second kappa shape index (κ2) is 9.28. The van der Waals surface area contributed by atoms with Gasteiger partial charge in [-0.3, -0.25) is 14.5 Å². The Kier molecular flexibility index (Phi) is 6.76. The number of thiophene rings is 1. The van der Waals surface area contributed by atoms with Gasteiger partial charge in [0.1, 0.15) is 16.5 Å². The number of anilines is 1. The summed E-state index contributed by atoms with van der Waals surface area (Å²) in [6, 6.07) is 7.49. The van der Waals surface area contributed by atoms with Crippen LogP contribution in [0, 0.1) is 0 Å². The van der Waals surface area contributed by atoms with Crippen LogP contribution >= 0.6 is 11.3 Å². The zero-order valence-electron chi connectivity index (χ0n) is 17.0. The second-order valence-electron chi connectivity index (χ2n) is 7.13. The molecule has 7 nitrogen and oxygen atoms in total. The molecule has 1 aromatic heterocycles. The molecule has 0 spiro atoms. The molecule has 0 aliphatic carbocycles. The largest absolute Gasteiger partial charge is 0.494 e. The van der Waals surface area contributed by atoms with Crippen LogP contribution in [0.3, 0.4) is 0 Å². The van der Waals surface area contributed by atoms with Gasteiger partial charge in [-0.1, -0.05) is 0 Å². The fourth-order valence-electron chi connectivity index (χ4n) is 3.32. The summed E-state index contributed by atoms with van der Waals surface area (Å²) < 4.78 is 10.9. The van der Waals surface area contributed by atoms with E-state index in [9.17, 15) is 9.59 Å². The Morgan fingerprint density at radius 2 is 1.86 bits per heavy atom. The molecule has 156 valence electrons. The zero-order valence-corrected chi connectivity index (χ0v) is 17.8. The molecule has 1 aliphatic heterocycles. The van der Waals surface area contributed by atoms with Crippen molar-refractivity contribution in [2.75, 3.05) is 25.1 Å². The third-order valence-corrected chi connectivity index (χ3v) is 5.95. The predicted octanol–water partition coefficient (Wildman–Crippen LogP) is 3.03. The van der Waals surface area contributed by atoms with Crippen molar-refractivity contribution in [2.45, 2.75) is 39.8 Å². The molecule has 3 rings (SSSR count). The fourth-order valence-corrected chi connectivity index (χ4v) is 4.62. The minimum Gasteiger partial charge on any atom is -0.494 e. The van der Waals surface area contributed by atoms with Crippen LogP contribution in [-0.4, -0.2) is 42.5 Å². The van der Waals surface area contributed by atoms with Crippen molar-refractivity contribution in [3.8, 4) is 11.5 Å². The maximum Gasteiger partial charge on any atom is 0.262 e. The molecule has 8 heteroatoms. The number of nitrogens with zero attached hydrogens (tertiary/aromatic N) is 1. The van der Waals surface area contributed by atoms with E-state index < -0.39 is 5.91 Å². The normalized spacial score (nSPS) is 13.8. The molecule has 2 aromatic rings. The lowest BCUT2D eigenvalue weighted by molar-refractivity contribution is -0.118. The first kappa shape index (κ1) is 21.1. The minimum atomic E-state index is -0.511. The van der Waals surface area contributed by atoms with Gasteiger partial charge in [0.25, 0.3) is 11.8 Å². The molecule has 0 unspecified atom stereocenters. The zero-order chi connectivity index (χ0) is 21.0. The van der Waals surface area contributed by atoms with Crippen molar-refractivity contribution < 1.29 is 19.1 Å². The van der Waals surface area contributed by atoms with E-state index in [0.717, 1.165) is 35.7 Å². The molecule has 1 aromatic carbocycles. The van der Waals surface area contributed by atoms with Crippen molar-refractivity contribution in [2.24, 2.45) is 5.73 Å². The lowest BCUT2D eigenvalue weighted by Crippen LogP contribution is -2.35. The number of nitrogens with one attached hydrogen (secondary N) is 1. The van der Waals surface area contributed by atoms with Gasteiger partial charge < -0.3 is 20.5 Å². The first-order chi connectivity index (χ1) is 13.9. The summed E-state index contributed by atoms with van der Waals surface area (Å²) in [4.78, 5) is 27.9. The van der Waals surface area contributed by atoms with Gasteiger partial charge in [0, 0.05) is 24.0 Å². The minimum absolute atomic E-state index is 0.160. The molecule has 2 heterocycles. The Morgan fingerprint density at radius 1 is 1.21 bits per heavy atom. The van der Waals surface area contributed by atoms with Crippen LogP contribution in [-0.2, 0) is 17.8 Å². The van der Waals surface area contributed by atoms with Crippen molar-refractivity contribution in [1.29, 1.82) is 0 Å². The monoisotopic (exact) mass is 417 g/mol. The van der Waals surface area contributed by atoms with Crippen molar-refractivity contribution >= 4 is 28.2 Å². The Bertz CT molecular complexity index is 877. The van der Waals surface area contributed by atoms with Gasteiger partial charge in [-0.05, 0) is 57.0 Å². The van der Waals surface area contributed by atoms with Crippen molar-refractivity contribution in [1.82, 2.24) is 4.90 Å². The fraction of sp³-hybridized carbons (Fsp3) is 0.429. The van der Waals surface area contributed by atoms with E-state index in [0.29, 0.717) is 29.0 Å². The van der Waals surface area contributed by atoms with Gasteiger partial charge in [-0.2, -0.15) is 0 Å². The summed E-state index contributed by atoms with van der Waals surface area (Å²) in [6.45, 7) is 8.27. The third kappa shape index (κ3) is 5.07. The van der Waals surface area contributed by atoms with Crippen LogP contribution in [0.4, 0.5) is 5.00 Å². The number of benzene rings is 1. The first-order valence-electron chi connectivity index (χ1n) is 9.73. The van der Waals surface area contributed by atoms with Crippen molar-refractivity contribution in [3.63, 3.8) is 0 Å². The lowest BCUT2D eigenvalue weighted by atomic mass is 10.0. The number of nitrogens with two attached hydrogens (primary N) is 1. The molecule has 0 fully saturated rings. The van der Waals surface area contributed by atoms with E-state index in [1.165, 1.54) is 11.3 Å². The predicted molar refractivity (Wildman–Crippen MR) is 114 cm³/mol. The number of rotatable bonds is 8. The number of amides is 2. The molecule has 2 amide bonds. The SMILES string of the molecule is CCOc1ccc(OCC(=O)Nc2sc3c(c2C(N)=O)CCN(C(C)C)C3)cc1. The summed E-state index contributed by atoms with van der Waals surface area (Å²) in [6.07, 6.45) is 0.751. The van der Waals surface area contributed by atoms with Gasteiger partial charge in [0.15, 0.2) is 6.61 Å². The maximum atomic E-state index is 12.4. The van der Waals surface area contributed by atoms with Gasteiger partial charge >= 0.3 is 0 Å². The molecular formula is C21H27N3O4S. The number of ether oxygens (including phenoxy) is 2. The number of hydrogen-bond acceptors (Lipinski definition) is 6. The summed E-state index contributed by atoms with van der Waals surface area (Å²) in [5, 5.41) is 3.31. The van der Waals surface area contributed by atoms with Gasteiger partial charge in [-0.25, -0.2) is 0 Å². The molecule has 0 atom stereocenters. The van der Waals surface area contributed by atoms with E-state index in [2.05, 4.69) is 24.1 Å². The molecule has 1 aliphatic rings. The van der Waals surface area contributed by atoms with E-state index in [4.69, 9.17) is 15.2 Å². The highest BCUT2D eigenvalue weighted by Gasteiger charge is 2.28. The highest BCUT2D eigenvalue weighted by Crippen LogP contribution is 2.37. The molecule has 3 N–H and O–H groups in total. The maximum absolute atomic E-state index is 12.4. The lowest BCUT2D eigenvalue weighted by Gasteiger charge is -2.30. The van der Waals surface area contributed by atoms with E-state index in [1.54, 1.807) is 24.3 Å². The van der Waals surface area contributed by atoms with Crippen molar-refractivity contribution in [3.05, 3.63) is 40.3 Å². The summed E-state index contributed by atoms with van der Waals surface area (Å²) in [5.74, 6) is 0.468. The molecule has 0 bridgehead atoms. The Hall–Kier alpha value is -2.58. The van der Waals surface area contributed by atoms with Crippen LogP contribution in [0.15, 0.2) is 24.3 Å². The summed E-state index contributed by atoms with van der Waals surface area (Å²) in [5.41, 5.74) is 7.01. The average Bonchev–Trinajstić information content (AvgIpc) is 3.04. The summed E-state index contributed by atoms with van der Waals surface area (Å²) in [7, 11) is 0. The van der Waals surface area contributed by atoms with Crippen LogP contribution in [0.2, 0.25) is 0 Å². The third-order valence-electron chi connectivity index (χ3n) is 4.82. The quantitative estimate of drug-likeness (QED) is 0.689. The molecule has 0 radical (unpaired) electrons.